The summed E-state index contributed by atoms with van der Waals surface area (Å²) in [6.45, 7) is 4.01. The van der Waals surface area contributed by atoms with E-state index in [1.165, 1.54) is 5.56 Å². The normalized spacial score (nSPS) is 12.9. The van der Waals surface area contributed by atoms with Gasteiger partial charge in [-0.15, -0.1) is 11.3 Å². The number of aliphatic hydroxyl groups excluding tert-OH is 2. The fourth-order valence-corrected chi connectivity index (χ4v) is 3.18. The quantitative estimate of drug-likeness (QED) is 0.565. The van der Waals surface area contributed by atoms with Crippen molar-refractivity contribution in [1.82, 2.24) is 4.98 Å². The van der Waals surface area contributed by atoms with Crippen molar-refractivity contribution in [2.45, 2.75) is 51.7 Å². The molecule has 6 heteroatoms. The first-order chi connectivity index (χ1) is 11.7. The van der Waals surface area contributed by atoms with Gasteiger partial charge >= 0.3 is 0 Å². The Morgan fingerprint density at radius 3 is 2.50 bits per heavy atom. The summed E-state index contributed by atoms with van der Waals surface area (Å²) in [6.07, 6.45) is 4.13. The van der Waals surface area contributed by atoms with E-state index in [0.717, 1.165) is 22.4 Å². The molecule has 1 aromatic carbocycles. The van der Waals surface area contributed by atoms with Crippen molar-refractivity contribution in [3.8, 4) is 0 Å². The summed E-state index contributed by atoms with van der Waals surface area (Å²) in [7, 11) is 0. The Morgan fingerprint density at radius 1 is 1.21 bits per heavy atom. The molecule has 0 bridgehead atoms. The lowest BCUT2D eigenvalue weighted by molar-refractivity contribution is 0.119. The molecule has 3 N–H and O–H groups in total. The maximum Gasteiger partial charge on any atom is 0.182 e. The molecule has 1 heterocycles. The molecule has 4 nitrogen and oxygen atoms in total. The Bertz CT molecular complexity index is 534. The Balaban J connectivity index is 0.00000139. The summed E-state index contributed by atoms with van der Waals surface area (Å²) in [4.78, 5) is 4.25. The molecule has 134 valence electrons. The summed E-state index contributed by atoms with van der Waals surface area (Å²) in [6, 6.07) is 8.43. The monoisotopic (exact) mass is 414 g/mol. The molecule has 1 aromatic heterocycles. The molecule has 2 aromatic rings. The second-order valence-corrected chi connectivity index (χ2v) is 7.06. The molecule has 0 amide bonds. The van der Waals surface area contributed by atoms with Crippen molar-refractivity contribution in [2.75, 3.05) is 11.9 Å². The number of aromatic nitrogens is 1. The number of thiazole rings is 1. The van der Waals surface area contributed by atoms with Crippen LogP contribution in [0.25, 0.3) is 0 Å². The van der Waals surface area contributed by atoms with E-state index in [-0.39, 0.29) is 12.6 Å². The highest BCUT2D eigenvalue weighted by Gasteiger charge is 2.15. The van der Waals surface area contributed by atoms with Crippen molar-refractivity contribution < 1.29 is 10.2 Å². The first-order valence-electron chi connectivity index (χ1n) is 8.36. The second kappa shape index (κ2) is 12.4. The summed E-state index contributed by atoms with van der Waals surface area (Å²) >= 11 is 5.00. The van der Waals surface area contributed by atoms with Crippen LogP contribution in [-0.2, 0) is 6.42 Å². The van der Waals surface area contributed by atoms with Gasteiger partial charge < -0.3 is 15.5 Å². The molecule has 0 aliphatic carbocycles. The van der Waals surface area contributed by atoms with Crippen LogP contribution < -0.4 is 5.32 Å². The molecule has 0 radical (unpaired) electrons. The summed E-state index contributed by atoms with van der Waals surface area (Å²) < 4.78 is 1.08. The van der Waals surface area contributed by atoms with Crippen molar-refractivity contribution in [3.05, 3.63) is 45.9 Å². The maximum atomic E-state index is 9.96. The Labute approximate surface area is 157 Å². The third-order valence-electron chi connectivity index (χ3n) is 3.47. The highest BCUT2D eigenvalue weighted by Crippen LogP contribution is 2.19. The Morgan fingerprint density at radius 2 is 1.92 bits per heavy atom. The van der Waals surface area contributed by atoms with Gasteiger partial charge in [0, 0.05) is 28.7 Å². The number of hydrogen-bond acceptors (Lipinski definition) is 5. The minimum absolute atomic E-state index is 0.0118. The molecular weight excluding hydrogens is 388 g/mol. The molecule has 2 unspecified atom stereocenters. The fraction of sp³-hybridized carbons (Fsp3) is 0.500. The predicted molar refractivity (Wildman–Crippen MR) is 106 cm³/mol. The number of nitrogens with zero attached hydrogens (tertiary/aromatic N) is 1. The molecule has 0 saturated heterocycles. The first kappa shape index (κ1) is 21.1. The van der Waals surface area contributed by atoms with Gasteiger partial charge in [-0.05, 0) is 43.4 Å². The number of rotatable bonds is 9. The lowest BCUT2D eigenvalue weighted by atomic mass is 9.99. The van der Waals surface area contributed by atoms with Crippen molar-refractivity contribution in [2.24, 2.45) is 0 Å². The van der Waals surface area contributed by atoms with Gasteiger partial charge in [-0.2, -0.15) is 0 Å². The SMILES string of the molecule is CC.OCCC(O)CC(CCc1ccc(Br)cc1)Nc1nccs1. The molecule has 24 heavy (non-hydrogen) atoms. The van der Waals surface area contributed by atoms with E-state index in [4.69, 9.17) is 5.11 Å². The highest BCUT2D eigenvalue weighted by molar-refractivity contribution is 9.10. The average molecular weight is 415 g/mol. The molecule has 2 atom stereocenters. The van der Waals surface area contributed by atoms with Crippen LogP contribution in [0.2, 0.25) is 0 Å². The molecule has 0 fully saturated rings. The molecule has 0 aliphatic rings. The Kier molecular flexibility index (Phi) is 10.9. The van der Waals surface area contributed by atoms with Crippen LogP contribution in [0.15, 0.2) is 40.3 Å². The number of anilines is 1. The zero-order chi connectivity index (χ0) is 17.8. The topological polar surface area (TPSA) is 65.4 Å². The van der Waals surface area contributed by atoms with E-state index in [1.54, 1.807) is 17.5 Å². The van der Waals surface area contributed by atoms with Gasteiger partial charge in [0.2, 0.25) is 0 Å². The largest absolute Gasteiger partial charge is 0.396 e. The van der Waals surface area contributed by atoms with E-state index in [2.05, 4.69) is 38.4 Å². The number of aryl methyl sites for hydroxylation is 1. The van der Waals surface area contributed by atoms with Crippen LogP contribution >= 0.6 is 27.3 Å². The Hall–Kier alpha value is -0.950. The minimum Gasteiger partial charge on any atom is -0.396 e. The van der Waals surface area contributed by atoms with Crippen molar-refractivity contribution in [1.29, 1.82) is 0 Å². The number of benzene rings is 1. The van der Waals surface area contributed by atoms with Crippen LogP contribution in [0.5, 0.6) is 0 Å². The van der Waals surface area contributed by atoms with E-state index >= 15 is 0 Å². The van der Waals surface area contributed by atoms with Gasteiger partial charge in [-0.1, -0.05) is 41.9 Å². The number of aliphatic hydroxyl groups is 2. The first-order valence-corrected chi connectivity index (χ1v) is 10.0. The van der Waals surface area contributed by atoms with Gasteiger partial charge in [-0.25, -0.2) is 4.98 Å². The van der Waals surface area contributed by atoms with Crippen molar-refractivity contribution >= 4 is 32.4 Å². The third-order valence-corrected chi connectivity index (χ3v) is 4.71. The van der Waals surface area contributed by atoms with E-state index in [0.29, 0.717) is 12.8 Å². The summed E-state index contributed by atoms with van der Waals surface area (Å²) in [5.74, 6) is 0. The minimum atomic E-state index is -0.493. The molecule has 0 aliphatic heterocycles. The third kappa shape index (κ3) is 8.24. The number of hydrogen-bond donors (Lipinski definition) is 3. The van der Waals surface area contributed by atoms with Gasteiger partial charge in [0.25, 0.3) is 0 Å². The average Bonchev–Trinajstić information content (AvgIpc) is 3.09. The number of halogens is 1. The standard InChI is InChI=1S/C16H21BrN2O2S.C2H6/c17-13-4-1-12(2-5-13)3-6-14(11-15(21)7-9-20)19-16-18-8-10-22-16;1-2/h1-2,4-5,8,10,14-15,20-21H,3,6-7,9,11H2,(H,18,19);1-2H3. The molecule has 2 rings (SSSR count). The van der Waals surface area contributed by atoms with Crippen LogP contribution in [0.4, 0.5) is 5.13 Å². The zero-order valence-corrected chi connectivity index (χ0v) is 16.7. The van der Waals surface area contributed by atoms with Crippen LogP contribution in [-0.4, -0.2) is 33.9 Å². The predicted octanol–water partition coefficient (Wildman–Crippen LogP) is 4.48. The van der Waals surface area contributed by atoms with Gasteiger partial charge in [0.05, 0.1) is 6.10 Å². The van der Waals surface area contributed by atoms with Crippen molar-refractivity contribution in [3.63, 3.8) is 0 Å². The number of nitrogens with one attached hydrogen (secondary N) is 1. The van der Waals surface area contributed by atoms with Crippen LogP contribution in [0.1, 0.15) is 38.7 Å². The highest BCUT2D eigenvalue weighted by atomic mass is 79.9. The van der Waals surface area contributed by atoms with Gasteiger partial charge in [0.15, 0.2) is 5.13 Å². The van der Waals surface area contributed by atoms with E-state index in [1.807, 2.05) is 31.4 Å². The van der Waals surface area contributed by atoms with Gasteiger partial charge in [-0.3, -0.25) is 0 Å². The fourth-order valence-electron chi connectivity index (χ4n) is 2.31. The van der Waals surface area contributed by atoms with Crippen LogP contribution in [0.3, 0.4) is 0 Å². The van der Waals surface area contributed by atoms with Crippen LogP contribution in [0, 0.1) is 0 Å². The van der Waals surface area contributed by atoms with E-state index < -0.39 is 6.10 Å². The van der Waals surface area contributed by atoms with Gasteiger partial charge in [0.1, 0.15) is 0 Å². The maximum absolute atomic E-state index is 9.96. The molecule has 0 spiro atoms. The summed E-state index contributed by atoms with van der Waals surface area (Å²) in [5, 5.41) is 25.1. The van der Waals surface area contributed by atoms with E-state index in [9.17, 15) is 5.11 Å². The smallest absolute Gasteiger partial charge is 0.182 e. The second-order valence-electron chi connectivity index (χ2n) is 5.25. The summed E-state index contributed by atoms with van der Waals surface area (Å²) in [5.41, 5.74) is 1.27. The zero-order valence-electron chi connectivity index (χ0n) is 14.3. The molecule has 0 saturated carbocycles. The lowest BCUT2D eigenvalue weighted by Crippen LogP contribution is -2.26. The lowest BCUT2D eigenvalue weighted by Gasteiger charge is -2.21. The molecular formula is C18H27BrN2O2S.